The molecule has 8 nitrogen and oxygen atoms in total. The van der Waals surface area contributed by atoms with E-state index < -0.39 is 46.7 Å². The molecule has 2 saturated heterocycles. The smallest absolute Gasteiger partial charge is 0.331 e. The first-order valence-corrected chi connectivity index (χ1v) is 13.3. The van der Waals surface area contributed by atoms with E-state index in [4.69, 9.17) is 23.7 Å². The predicted octanol–water partition coefficient (Wildman–Crippen LogP) is 3.34. The van der Waals surface area contributed by atoms with Crippen LogP contribution in [0.15, 0.2) is 47.6 Å². The van der Waals surface area contributed by atoms with Crippen molar-refractivity contribution in [3.8, 4) is 0 Å². The summed E-state index contributed by atoms with van der Waals surface area (Å²) < 4.78 is 30.6. The first-order chi connectivity index (χ1) is 17.6. The van der Waals surface area contributed by atoms with E-state index in [9.17, 15) is 14.7 Å². The Kier molecular flexibility index (Phi) is 6.98. The zero-order valence-electron chi connectivity index (χ0n) is 22.1. The van der Waals surface area contributed by atoms with Gasteiger partial charge in [-0.2, -0.15) is 0 Å². The molecule has 5 aliphatic rings. The molecule has 1 saturated carbocycles. The number of carbonyl (C=O) groups excluding carboxylic acids is 2. The van der Waals surface area contributed by atoms with Crippen LogP contribution in [0.5, 0.6) is 0 Å². The molecule has 0 amide bonds. The molecule has 0 aromatic rings. The molecule has 1 N–H and O–H groups in total. The second-order valence-corrected chi connectivity index (χ2v) is 11.4. The number of epoxide rings is 1. The third-order valence-electron chi connectivity index (χ3n) is 9.24. The molecule has 0 aromatic heterocycles. The fourth-order valence-corrected chi connectivity index (χ4v) is 6.85. The Bertz CT molecular complexity index is 1050. The number of allylic oxidation sites excluding steroid dienone is 3. The lowest BCUT2D eigenvalue weighted by Gasteiger charge is -2.58. The highest BCUT2D eigenvalue weighted by Gasteiger charge is 2.83. The Hall–Kier alpha value is -2.26. The molecule has 5 rings (SSSR count). The Labute approximate surface area is 218 Å². The number of aliphatic hydroxyl groups is 1. The summed E-state index contributed by atoms with van der Waals surface area (Å²) in [6.07, 6.45) is 10.5. The lowest BCUT2D eigenvalue weighted by Crippen LogP contribution is -2.66. The minimum absolute atomic E-state index is 0.144. The first kappa shape index (κ1) is 26.4. The Morgan fingerprint density at radius 1 is 1.05 bits per heavy atom. The van der Waals surface area contributed by atoms with Gasteiger partial charge in [0.25, 0.3) is 0 Å². The van der Waals surface area contributed by atoms with Gasteiger partial charge in [-0.1, -0.05) is 42.4 Å². The zero-order chi connectivity index (χ0) is 26.4. The zero-order valence-corrected chi connectivity index (χ0v) is 22.1. The molecular formula is C29H38O8. The van der Waals surface area contributed by atoms with Crippen LogP contribution in [0, 0.1) is 10.8 Å². The molecule has 2 aliphatic carbocycles. The third-order valence-corrected chi connectivity index (χ3v) is 9.24. The van der Waals surface area contributed by atoms with Crippen molar-refractivity contribution in [2.24, 2.45) is 10.8 Å². The Morgan fingerprint density at radius 3 is 2.57 bits per heavy atom. The quantitative estimate of drug-likeness (QED) is 0.323. The topological polar surface area (TPSA) is 104 Å². The number of ether oxygens (including phenoxy) is 5. The summed E-state index contributed by atoms with van der Waals surface area (Å²) >= 11 is 0. The highest BCUT2D eigenvalue weighted by atomic mass is 16.6. The minimum Gasteiger partial charge on any atom is -0.462 e. The summed E-state index contributed by atoms with van der Waals surface area (Å²) in [5.41, 5.74) is 0.318. The van der Waals surface area contributed by atoms with Gasteiger partial charge in [0.15, 0.2) is 0 Å². The lowest BCUT2D eigenvalue weighted by molar-refractivity contribution is -0.232. The Balaban J connectivity index is 1.51. The maximum absolute atomic E-state index is 12.9. The summed E-state index contributed by atoms with van der Waals surface area (Å²) in [5, 5.41) is 10.0. The maximum Gasteiger partial charge on any atom is 0.331 e. The maximum atomic E-state index is 12.9. The van der Waals surface area contributed by atoms with Crippen LogP contribution in [0.1, 0.15) is 53.4 Å². The molecule has 0 radical (unpaired) electrons. The van der Waals surface area contributed by atoms with E-state index in [1.54, 1.807) is 25.2 Å². The summed E-state index contributed by atoms with van der Waals surface area (Å²) in [5.74, 6) is -0.879. The molecule has 8 atom stereocenters. The largest absolute Gasteiger partial charge is 0.462 e. The van der Waals surface area contributed by atoms with Crippen molar-refractivity contribution < 1.29 is 38.4 Å². The third kappa shape index (κ3) is 4.42. The standard InChI is InChI=1S/C29H38O8/c1-18-9-11-28-16-34-26(32)14-19(2)10-12-33-21(20(3)30)7-5-6-8-25(31)37-22-15-24(36-23(28)13-18)29(17-35-29)27(22,28)4/h5-8,13-14,20-24,30H,9-12,15-17H2,1-4H3/b7-5+,8-6-,19-14+/t20-,21+,22+,23+,24-,27+,28?,29+/m0/s1. The average molecular weight is 515 g/mol. The van der Waals surface area contributed by atoms with Gasteiger partial charge in [0.2, 0.25) is 0 Å². The fourth-order valence-electron chi connectivity index (χ4n) is 6.85. The molecule has 2 bridgehead atoms. The number of aliphatic hydroxyl groups excluding tert-OH is 1. The second kappa shape index (κ2) is 9.80. The molecule has 3 heterocycles. The number of cyclic esters (lactones) is 1. The highest BCUT2D eigenvalue weighted by molar-refractivity contribution is 5.83. The van der Waals surface area contributed by atoms with Crippen LogP contribution in [-0.4, -0.2) is 73.0 Å². The van der Waals surface area contributed by atoms with Crippen molar-refractivity contribution in [1.29, 1.82) is 0 Å². The van der Waals surface area contributed by atoms with E-state index in [2.05, 4.69) is 19.9 Å². The molecule has 0 aromatic carbocycles. The van der Waals surface area contributed by atoms with Crippen LogP contribution in [0.4, 0.5) is 0 Å². The molecular weight excluding hydrogens is 476 g/mol. The number of hydrogen-bond donors (Lipinski definition) is 1. The highest BCUT2D eigenvalue weighted by Crippen LogP contribution is 2.72. The molecule has 202 valence electrons. The average Bonchev–Trinajstić information content (AvgIpc) is 3.61. The molecule has 2 spiro atoms. The van der Waals surface area contributed by atoms with Crippen LogP contribution in [0.2, 0.25) is 0 Å². The number of rotatable bonds is 1. The van der Waals surface area contributed by atoms with Gasteiger partial charge >= 0.3 is 11.9 Å². The summed E-state index contributed by atoms with van der Waals surface area (Å²) in [7, 11) is 0. The van der Waals surface area contributed by atoms with E-state index in [1.807, 2.05) is 6.92 Å². The van der Waals surface area contributed by atoms with Crippen molar-refractivity contribution >= 4 is 11.9 Å². The van der Waals surface area contributed by atoms with Crippen LogP contribution < -0.4 is 0 Å². The summed E-state index contributed by atoms with van der Waals surface area (Å²) in [6, 6.07) is 0. The van der Waals surface area contributed by atoms with Crippen molar-refractivity contribution in [2.75, 3.05) is 19.8 Å². The van der Waals surface area contributed by atoms with E-state index in [0.29, 0.717) is 26.1 Å². The van der Waals surface area contributed by atoms with Crippen molar-refractivity contribution in [3.05, 3.63) is 47.6 Å². The van der Waals surface area contributed by atoms with Gasteiger partial charge < -0.3 is 28.8 Å². The van der Waals surface area contributed by atoms with E-state index in [1.165, 1.54) is 17.7 Å². The SMILES string of the molecule is CC1=C[C@H]2O[C@H]3C[C@H]4OC(=O)/C=C\C=C\[C@H]([C@H](C)O)OCC/C(C)=C/C(=O)OCC2(CC1)[C@]4(C)[C@@]31CO1. The normalized spacial score (nSPS) is 46.2. The van der Waals surface area contributed by atoms with Crippen LogP contribution >= 0.6 is 0 Å². The van der Waals surface area contributed by atoms with Gasteiger partial charge in [0.05, 0.1) is 36.9 Å². The summed E-state index contributed by atoms with van der Waals surface area (Å²) in [4.78, 5) is 25.9. The minimum atomic E-state index is -0.735. The fraction of sp³-hybridized carbons (Fsp3) is 0.655. The van der Waals surface area contributed by atoms with E-state index in [-0.39, 0.29) is 18.8 Å². The monoisotopic (exact) mass is 514 g/mol. The number of carbonyl (C=O) groups is 2. The van der Waals surface area contributed by atoms with Crippen molar-refractivity contribution in [1.82, 2.24) is 0 Å². The van der Waals surface area contributed by atoms with Crippen molar-refractivity contribution in [2.45, 2.75) is 89.5 Å². The van der Waals surface area contributed by atoms with Gasteiger partial charge in [-0.25, -0.2) is 9.59 Å². The molecule has 8 heteroatoms. The van der Waals surface area contributed by atoms with Gasteiger partial charge in [-0.15, -0.1) is 0 Å². The van der Waals surface area contributed by atoms with Gasteiger partial charge in [-0.05, 0) is 40.0 Å². The number of hydrogen-bond acceptors (Lipinski definition) is 8. The van der Waals surface area contributed by atoms with E-state index >= 15 is 0 Å². The molecule has 1 unspecified atom stereocenters. The van der Waals surface area contributed by atoms with Crippen LogP contribution in [-0.2, 0) is 33.3 Å². The first-order valence-electron chi connectivity index (χ1n) is 13.3. The Morgan fingerprint density at radius 2 is 1.84 bits per heavy atom. The predicted molar refractivity (Wildman–Crippen MR) is 134 cm³/mol. The van der Waals surface area contributed by atoms with Crippen LogP contribution in [0.3, 0.4) is 0 Å². The van der Waals surface area contributed by atoms with Gasteiger partial charge in [0, 0.05) is 24.0 Å². The molecule has 3 aliphatic heterocycles. The van der Waals surface area contributed by atoms with Gasteiger partial charge in [0.1, 0.15) is 24.4 Å². The molecule has 37 heavy (non-hydrogen) atoms. The lowest BCUT2D eigenvalue weighted by atomic mass is 9.51. The molecule has 3 fully saturated rings. The summed E-state index contributed by atoms with van der Waals surface area (Å²) in [6.45, 7) is 8.73. The van der Waals surface area contributed by atoms with Gasteiger partial charge in [-0.3, -0.25) is 0 Å². The van der Waals surface area contributed by atoms with Crippen molar-refractivity contribution in [3.63, 3.8) is 0 Å². The van der Waals surface area contributed by atoms with E-state index in [0.717, 1.165) is 18.4 Å². The van der Waals surface area contributed by atoms with Crippen LogP contribution in [0.25, 0.3) is 0 Å². The second-order valence-electron chi connectivity index (χ2n) is 11.4. The number of esters is 2.